The van der Waals surface area contributed by atoms with Crippen LogP contribution in [-0.4, -0.2) is 22.1 Å². The van der Waals surface area contributed by atoms with Crippen LogP contribution < -0.4 is 5.73 Å². The van der Waals surface area contributed by atoms with Crippen molar-refractivity contribution in [1.82, 2.24) is 0 Å². The Morgan fingerprint density at radius 3 is 2.38 bits per heavy atom. The molecule has 1 rings (SSSR count). The number of hydrogen-bond donors (Lipinski definition) is 4. The Morgan fingerprint density at radius 2 is 1.81 bits per heavy atom. The summed E-state index contributed by atoms with van der Waals surface area (Å²) in [5.74, 6) is -1.83. The minimum absolute atomic E-state index is 0.0202. The van der Waals surface area contributed by atoms with E-state index in [2.05, 4.69) is 12.6 Å². The van der Waals surface area contributed by atoms with Crippen molar-refractivity contribution >= 4 is 18.3 Å². The third-order valence-electron chi connectivity index (χ3n) is 2.23. The Bertz CT molecular complexity index is 376. The summed E-state index contributed by atoms with van der Waals surface area (Å²) in [6, 6.07) is 1.57. The van der Waals surface area contributed by atoms with E-state index in [-0.39, 0.29) is 17.7 Å². The summed E-state index contributed by atoms with van der Waals surface area (Å²) in [7, 11) is 0. The van der Waals surface area contributed by atoms with Crippen molar-refractivity contribution in [3.8, 4) is 0 Å². The number of hydrogen-bond acceptors (Lipinski definition) is 4. The molecule has 1 aromatic rings. The van der Waals surface area contributed by atoms with E-state index in [9.17, 15) is 19.0 Å². The lowest BCUT2D eigenvalue weighted by Crippen LogP contribution is -2.20. The minimum atomic E-state index is -1.35. The van der Waals surface area contributed by atoms with Crippen molar-refractivity contribution in [3.63, 3.8) is 0 Å². The van der Waals surface area contributed by atoms with Crippen molar-refractivity contribution < 1.29 is 19.0 Å². The van der Waals surface area contributed by atoms with Gasteiger partial charge < -0.3 is 15.9 Å². The molecule has 0 fully saturated rings. The van der Waals surface area contributed by atoms with Crippen molar-refractivity contribution in [2.24, 2.45) is 0 Å². The fourth-order valence-electron chi connectivity index (χ4n) is 1.33. The van der Waals surface area contributed by atoms with Crippen LogP contribution in [0, 0.1) is 11.6 Å². The lowest BCUT2D eigenvalue weighted by Gasteiger charge is -2.19. The number of rotatable bonds is 4. The molecular weight excluding hydrogens is 236 g/mol. The highest BCUT2D eigenvalue weighted by atomic mass is 32.1. The Labute approximate surface area is 97.3 Å². The molecule has 2 atom stereocenters. The maximum absolute atomic E-state index is 12.9. The van der Waals surface area contributed by atoms with Crippen LogP contribution in [0.1, 0.15) is 18.1 Å². The Kier molecular flexibility index (Phi) is 4.52. The van der Waals surface area contributed by atoms with Gasteiger partial charge in [0.05, 0.1) is 6.10 Å². The van der Waals surface area contributed by atoms with E-state index < -0.39 is 23.8 Å². The summed E-state index contributed by atoms with van der Waals surface area (Å²) in [6.07, 6.45) is -2.23. The molecule has 0 saturated heterocycles. The van der Waals surface area contributed by atoms with E-state index in [1.807, 2.05) is 0 Å². The van der Waals surface area contributed by atoms with E-state index in [1.54, 1.807) is 0 Å². The van der Waals surface area contributed by atoms with Crippen LogP contribution in [0.2, 0.25) is 0 Å². The first kappa shape index (κ1) is 13.2. The number of thiol groups is 1. The zero-order valence-corrected chi connectivity index (χ0v) is 9.29. The predicted molar refractivity (Wildman–Crippen MR) is 60.2 cm³/mol. The summed E-state index contributed by atoms with van der Waals surface area (Å²) in [5, 5.41) is 19.1. The molecule has 6 heteroatoms. The molecule has 0 heterocycles. The molecule has 16 heavy (non-hydrogen) atoms. The van der Waals surface area contributed by atoms with Crippen molar-refractivity contribution in [2.75, 3.05) is 11.5 Å². The number of nitrogens with two attached hydrogens (primary N) is 1. The van der Waals surface area contributed by atoms with Crippen LogP contribution in [0.15, 0.2) is 12.1 Å². The third-order valence-corrected chi connectivity index (χ3v) is 2.49. The zero-order valence-electron chi connectivity index (χ0n) is 8.40. The third kappa shape index (κ3) is 2.84. The number of anilines is 1. The van der Waals surface area contributed by atoms with Gasteiger partial charge in [0.1, 0.15) is 6.10 Å². The quantitative estimate of drug-likeness (QED) is 0.480. The number of benzene rings is 1. The molecule has 0 radical (unpaired) electrons. The Hall–Kier alpha value is -0.850. The maximum atomic E-state index is 12.9. The van der Waals surface area contributed by atoms with Crippen LogP contribution in [0.3, 0.4) is 0 Å². The highest BCUT2D eigenvalue weighted by molar-refractivity contribution is 7.80. The second-order valence-electron chi connectivity index (χ2n) is 3.42. The first-order valence-electron chi connectivity index (χ1n) is 4.68. The maximum Gasteiger partial charge on any atom is 0.160 e. The number of aliphatic hydroxyl groups excluding tert-OH is 2. The molecule has 0 saturated carbocycles. The highest BCUT2D eigenvalue weighted by Gasteiger charge is 2.21. The molecule has 0 amide bonds. The van der Waals surface area contributed by atoms with E-state index in [4.69, 9.17) is 5.73 Å². The van der Waals surface area contributed by atoms with Crippen LogP contribution in [0.25, 0.3) is 0 Å². The summed E-state index contributed by atoms with van der Waals surface area (Å²) >= 11 is 3.89. The molecule has 2 unspecified atom stereocenters. The average molecular weight is 249 g/mol. The molecular formula is C10H13F2NO2S. The molecule has 0 aliphatic carbocycles. The second kappa shape index (κ2) is 5.47. The zero-order chi connectivity index (χ0) is 12.3. The van der Waals surface area contributed by atoms with Crippen molar-refractivity contribution in [2.45, 2.75) is 18.6 Å². The van der Waals surface area contributed by atoms with Gasteiger partial charge in [0.15, 0.2) is 11.6 Å². The highest BCUT2D eigenvalue weighted by Crippen LogP contribution is 2.26. The number of nitrogen functional groups attached to an aromatic ring is 1. The van der Waals surface area contributed by atoms with Gasteiger partial charge in [-0.15, -0.1) is 0 Å². The normalized spacial score (nSPS) is 14.8. The lowest BCUT2D eigenvalue weighted by atomic mass is 10.0. The van der Waals surface area contributed by atoms with Gasteiger partial charge in [0, 0.05) is 17.3 Å². The molecule has 90 valence electrons. The van der Waals surface area contributed by atoms with Gasteiger partial charge in [-0.3, -0.25) is 0 Å². The molecule has 3 nitrogen and oxygen atoms in total. The van der Waals surface area contributed by atoms with Crippen molar-refractivity contribution in [1.29, 1.82) is 0 Å². The Morgan fingerprint density at radius 1 is 1.25 bits per heavy atom. The van der Waals surface area contributed by atoms with Gasteiger partial charge in [-0.25, -0.2) is 8.78 Å². The summed E-state index contributed by atoms with van der Waals surface area (Å²) < 4.78 is 25.7. The standard InChI is InChI=1S/C10H13F2NO2S/c11-6-3-5(8(13)4-7(6)12)10(15)9(14)1-2-16/h3-4,9-10,14-16H,1-2,13H2. The van der Waals surface area contributed by atoms with Gasteiger partial charge in [-0.05, 0) is 18.2 Å². The topological polar surface area (TPSA) is 66.5 Å². The van der Waals surface area contributed by atoms with Crippen LogP contribution in [0.4, 0.5) is 14.5 Å². The lowest BCUT2D eigenvalue weighted by molar-refractivity contribution is 0.0174. The predicted octanol–water partition coefficient (Wildman–Crippen LogP) is 1.26. The minimum Gasteiger partial charge on any atom is -0.398 e. The summed E-state index contributed by atoms with van der Waals surface area (Å²) in [5.41, 5.74) is 5.32. The number of aliphatic hydroxyl groups is 2. The van der Waals surface area contributed by atoms with Gasteiger partial charge in [0.2, 0.25) is 0 Å². The first-order valence-corrected chi connectivity index (χ1v) is 5.32. The SMILES string of the molecule is Nc1cc(F)c(F)cc1C(O)C(O)CCS. The van der Waals surface area contributed by atoms with Crippen LogP contribution >= 0.6 is 12.6 Å². The fourth-order valence-corrected chi connectivity index (χ4v) is 1.60. The van der Waals surface area contributed by atoms with E-state index in [0.29, 0.717) is 5.75 Å². The molecule has 0 aromatic heterocycles. The summed E-state index contributed by atoms with van der Waals surface area (Å²) in [6.45, 7) is 0. The van der Waals surface area contributed by atoms with Crippen LogP contribution in [0.5, 0.6) is 0 Å². The summed E-state index contributed by atoms with van der Waals surface area (Å²) in [4.78, 5) is 0. The Balaban J connectivity index is 2.99. The average Bonchev–Trinajstić information content (AvgIpc) is 2.23. The van der Waals surface area contributed by atoms with E-state index >= 15 is 0 Å². The molecule has 0 aliphatic rings. The first-order chi connectivity index (χ1) is 7.47. The van der Waals surface area contributed by atoms with Gasteiger partial charge in [-0.1, -0.05) is 0 Å². The fraction of sp³-hybridized carbons (Fsp3) is 0.400. The molecule has 0 bridgehead atoms. The number of halogens is 2. The molecule has 4 N–H and O–H groups in total. The van der Waals surface area contributed by atoms with E-state index in [1.165, 1.54) is 0 Å². The molecule has 1 aromatic carbocycles. The monoisotopic (exact) mass is 249 g/mol. The smallest absolute Gasteiger partial charge is 0.160 e. The van der Waals surface area contributed by atoms with Gasteiger partial charge >= 0.3 is 0 Å². The second-order valence-corrected chi connectivity index (χ2v) is 3.87. The van der Waals surface area contributed by atoms with Crippen LogP contribution in [-0.2, 0) is 0 Å². The van der Waals surface area contributed by atoms with Gasteiger partial charge in [-0.2, -0.15) is 12.6 Å². The van der Waals surface area contributed by atoms with Crippen molar-refractivity contribution in [3.05, 3.63) is 29.3 Å². The largest absolute Gasteiger partial charge is 0.398 e. The molecule has 0 spiro atoms. The van der Waals surface area contributed by atoms with E-state index in [0.717, 1.165) is 12.1 Å². The van der Waals surface area contributed by atoms with Gasteiger partial charge in [0.25, 0.3) is 0 Å². The molecule has 0 aliphatic heterocycles.